The lowest BCUT2D eigenvalue weighted by Crippen LogP contribution is -2.49. The van der Waals surface area contributed by atoms with Crippen LogP contribution in [0, 0.1) is 0 Å². The Morgan fingerprint density at radius 3 is 2.53 bits per heavy atom. The number of aromatic nitrogens is 2. The lowest BCUT2D eigenvalue weighted by molar-refractivity contribution is 0.0710. The molecule has 2 N–H and O–H groups in total. The number of piperazine rings is 1. The molecule has 30 heavy (non-hydrogen) atoms. The largest absolute Gasteiger partial charge is 0.378 e. The Kier molecular flexibility index (Phi) is 6.15. The van der Waals surface area contributed by atoms with E-state index in [2.05, 4.69) is 9.97 Å². The highest BCUT2D eigenvalue weighted by Gasteiger charge is 2.33. The smallest absolute Gasteiger partial charge is 0.286 e. The van der Waals surface area contributed by atoms with Crippen molar-refractivity contribution < 1.29 is 23.2 Å². The zero-order chi connectivity index (χ0) is 21.1. The van der Waals surface area contributed by atoms with Gasteiger partial charge in [0.2, 0.25) is 10.0 Å². The molecular weight excluding hydrogens is 432 g/mol. The number of hydroxylamine groups is 1. The fourth-order valence-corrected chi connectivity index (χ4v) is 5.87. The molecule has 0 spiro atoms. The molecule has 2 aromatic rings. The Morgan fingerprint density at radius 2 is 1.83 bits per heavy atom. The molecular formula is C17H22N6O5S2. The van der Waals surface area contributed by atoms with Gasteiger partial charge in [-0.3, -0.25) is 10.0 Å². The summed E-state index contributed by atoms with van der Waals surface area (Å²) < 4.78 is 33.5. The third-order valence-corrected chi connectivity index (χ3v) is 7.98. The molecule has 2 aliphatic heterocycles. The van der Waals surface area contributed by atoms with E-state index in [1.807, 2.05) is 9.80 Å². The van der Waals surface area contributed by atoms with E-state index in [-0.39, 0.29) is 9.77 Å². The van der Waals surface area contributed by atoms with E-state index in [0.717, 1.165) is 11.3 Å². The molecule has 0 unspecified atom stereocenters. The predicted molar refractivity (Wildman–Crippen MR) is 110 cm³/mol. The number of nitrogens with zero attached hydrogens (tertiary/aromatic N) is 5. The van der Waals surface area contributed by atoms with Crippen LogP contribution in [0.2, 0.25) is 0 Å². The molecule has 1 amide bonds. The number of hydrogen-bond acceptors (Lipinski definition) is 10. The number of carbonyl (C=O) groups is 1. The maximum Gasteiger partial charge on any atom is 0.286 e. The minimum absolute atomic E-state index is 0.205. The van der Waals surface area contributed by atoms with Crippen molar-refractivity contribution in [2.75, 3.05) is 62.3 Å². The number of thiazole rings is 1. The van der Waals surface area contributed by atoms with Crippen molar-refractivity contribution in [1.82, 2.24) is 19.8 Å². The van der Waals surface area contributed by atoms with Gasteiger partial charge in [0.25, 0.3) is 5.91 Å². The number of amides is 1. The van der Waals surface area contributed by atoms with E-state index in [0.29, 0.717) is 63.4 Å². The molecule has 0 aliphatic carbocycles. The number of morpholine rings is 1. The van der Waals surface area contributed by atoms with Crippen molar-refractivity contribution >= 4 is 38.2 Å². The number of pyridine rings is 1. The van der Waals surface area contributed by atoms with E-state index >= 15 is 0 Å². The van der Waals surface area contributed by atoms with Gasteiger partial charge in [0, 0.05) is 45.5 Å². The van der Waals surface area contributed by atoms with Crippen LogP contribution in [-0.4, -0.2) is 86.3 Å². The summed E-state index contributed by atoms with van der Waals surface area (Å²) in [6.45, 7) is 3.75. The van der Waals surface area contributed by atoms with E-state index in [1.165, 1.54) is 10.5 Å². The molecule has 0 bridgehead atoms. The van der Waals surface area contributed by atoms with Crippen molar-refractivity contribution in [2.45, 2.75) is 4.90 Å². The third kappa shape index (κ3) is 4.11. The van der Waals surface area contributed by atoms with Crippen molar-refractivity contribution in [1.29, 1.82) is 0 Å². The van der Waals surface area contributed by atoms with Gasteiger partial charge in [0.1, 0.15) is 15.6 Å². The summed E-state index contributed by atoms with van der Waals surface area (Å²) >= 11 is 1.14. The van der Waals surface area contributed by atoms with Gasteiger partial charge >= 0.3 is 0 Å². The van der Waals surface area contributed by atoms with Gasteiger partial charge in [0.15, 0.2) is 5.13 Å². The van der Waals surface area contributed by atoms with Crippen LogP contribution in [0.1, 0.15) is 9.67 Å². The number of sulfonamides is 1. The molecule has 11 nitrogen and oxygen atoms in total. The van der Waals surface area contributed by atoms with E-state index < -0.39 is 15.9 Å². The van der Waals surface area contributed by atoms with Crippen LogP contribution >= 0.6 is 11.3 Å². The quantitative estimate of drug-likeness (QED) is 0.474. The fourth-order valence-electron chi connectivity index (χ4n) is 3.43. The Bertz CT molecular complexity index is 1000. The van der Waals surface area contributed by atoms with Gasteiger partial charge in [-0.05, 0) is 12.1 Å². The molecule has 2 aromatic heterocycles. The predicted octanol–water partition coefficient (Wildman–Crippen LogP) is 0.00460. The second-order valence-electron chi connectivity index (χ2n) is 6.76. The summed E-state index contributed by atoms with van der Waals surface area (Å²) in [6, 6.07) is 3.23. The molecule has 2 fully saturated rings. The summed E-state index contributed by atoms with van der Waals surface area (Å²) in [7, 11) is -3.71. The highest BCUT2D eigenvalue weighted by molar-refractivity contribution is 7.89. The van der Waals surface area contributed by atoms with Crippen molar-refractivity contribution in [3.63, 3.8) is 0 Å². The highest BCUT2D eigenvalue weighted by atomic mass is 32.2. The fraction of sp³-hybridized carbons (Fsp3) is 0.471. The second-order valence-corrected chi connectivity index (χ2v) is 9.68. The molecule has 4 rings (SSSR count). The summed E-state index contributed by atoms with van der Waals surface area (Å²) in [5.41, 5.74) is 1.58. The van der Waals surface area contributed by atoms with Crippen LogP contribution in [0.15, 0.2) is 29.4 Å². The zero-order valence-electron chi connectivity index (χ0n) is 16.1. The van der Waals surface area contributed by atoms with Gasteiger partial charge in [-0.1, -0.05) is 11.3 Å². The second kappa shape index (κ2) is 8.81. The molecule has 13 heteroatoms. The first-order valence-corrected chi connectivity index (χ1v) is 11.7. The highest BCUT2D eigenvalue weighted by Crippen LogP contribution is 2.29. The van der Waals surface area contributed by atoms with Crippen LogP contribution in [-0.2, 0) is 14.8 Å². The summed E-state index contributed by atoms with van der Waals surface area (Å²) in [5.74, 6) is -0.157. The van der Waals surface area contributed by atoms with Gasteiger partial charge in [-0.2, -0.15) is 4.31 Å². The van der Waals surface area contributed by atoms with Crippen molar-refractivity contribution in [3.05, 3.63) is 29.4 Å². The Morgan fingerprint density at radius 1 is 1.10 bits per heavy atom. The lowest BCUT2D eigenvalue weighted by atomic mass is 10.4. The first-order chi connectivity index (χ1) is 14.5. The molecule has 162 valence electrons. The third-order valence-electron chi connectivity index (χ3n) is 5.01. The van der Waals surface area contributed by atoms with Crippen LogP contribution in [0.5, 0.6) is 0 Å². The Hall–Kier alpha value is -2.32. The van der Waals surface area contributed by atoms with Crippen molar-refractivity contribution in [2.24, 2.45) is 0 Å². The molecule has 0 aromatic carbocycles. The zero-order valence-corrected chi connectivity index (χ0v) is 17.7. The standard InChI is InChI=1S/C17H22N6O5S2/c24-16(20-25)13-12-19-17(29-13)22-4-6-23(7-5-22)30(26,27)14-2-1-3-18-15(14)21-8-10-28-11-9-21/h1-3,12,25H,4-11H2,(H,20,24). The number of nitrogens with one attached hydrogen (secondary N) is 1. The average molecular weight is 455 g/mol. The SMILES string of the molecule is O=C(NO)c1cnc(N2CCN(S(=O)(=O)c3cccnc3N3CCOCC3)CC2)s1. The number of ether oxygens (including phenoxy) is 1. The van der Waals surface area contributed by atoms with Crippen LogP contribution in [0.3, 0.4) is 0 Å². The first-order valence-electron chi connectivity index (χ1n) is 9.44. The van der Waals surface area contributed by atoms with Crippen LogP contribution < -0.4 is 15.3 Å². The minimum Gasteiger partial charge on any atom is -0.378 e. The summed E-state index contributed by atoms with van der Waals surface area (Å²) in [4.78, 5) is 24.4. The average Bonchev–Trinajstić information content (AvgIpc) is 3.29. The summed E-state index contributed by atoms with van der Waals surface area (Å²) in [5, 5.41) is 9.35. The molecule has 4 heterocycles. The minimum atomic E-state index is -3.71. The van der Waals surface area contributed by atoms with Crippen LogP contribution in [0.25, 0.3) is 0 Å². The Labute approximate surface area is 177 Å². The number of carbonyl (C=O) groups excluding carboxylic acids is 1. The topological polar surface area (TPSA) is 128 Å². The van der Waals surface area contributed by atoms with E-state index in [9.17, 15) is 13.2 Å². The summed E-state index contributed by atoms with van der Waals surface area (Å²) in [6.07, 6.45) is 2.99. The maximum atomic E-state index is 13.3. The van der Waals surface area contributed by atoms with Crippen molar-refractivity contribution in [3.8, 4) is 0 Å². The first kappa shape index (κ1) is 20.9. The van der Waals surface area contributed by atoms with Gasteiger partial charge in [-0.25, -0.2) is 23.9 Å². The maximum absolute atomic E-state index is 13.3. The Balaban J connectivity index is 1.48. The lowest BCUT2D eigenvalue weighted by Gasteiger charge is -2.35. The molecule has 0 atom stereocenters. The van der Waals surface area contributed by atoms with Gasteiger partial charge in [-0.15, -0.1) is 0 Å². The van der Waals surface area contributed by atoms with E-state index in [1.54, 1.807) is 23.8 Å². The molecule has 2 saturated heterocycles. The monoisotopic (exact) mass is 454 g/mol. The normalized spacial score (nSPS) is 18.4. The van der Waals surface area contributed by atoms with Gasteiger partial charge in [0.05, 0.1) is 19.4 Å². The van der Waals surface area contributed by atoms with Crippen LogP contribution in [0.4, 0.5) is 10.9 Å². The number of anilines is 2. The van der Waals surface area contributed by atoms with Gasteiger partial charge < -0.3 is 14.5 Å². The molecule has 2 aliphatic rings. The molecule has 0 radical (unpaired) electrons. The molecule has 0 saturated carbocycles. The number of rotatable bonds is 5. The van der Waals surface area contributed by atoms with E-state index in [4.69, 9.17) is 9.94 Å². The number of hydrogen-bond donors (Lipinski definition) is 2.